The molecular formula is C20H27N5. The average molecular weight is 337 g/mol. The predicted octanol–water partition coefficient (Wildman–Crippen LogP) is 3.62. The topological polar surface area (TPSA) is 47.7 Å². The zero-order valence-corrected chi connectivity index (χ0v) is 15.2. The van der Waals surface area contributed by atoms with Gasteiger partial charge in [-0.15, -0.1) is 0 Å². The molecule has 1 atom stereocenters. The van der Waals surface area contributed by atoms with Crippen molar-refractivity contribution < 1.29 is 0 Å². The first-order chi connectivity index (χ1) is 12.3. The number of hydrogen-bond donors (Lipinski definition) is 1. The van der Waals surface area contributed by atoms with Gasteiger partial charge >= 0.3 is 0 Å². The predicted molar refractivity (Wildman–Crippen MR) is 101 cm³/mol. The van der Waals surface area contributed by atoms with Crippen LogP contribution in [0.3, 0.4) is 0 Å². The third kappa shape index (κ3) is 3.21. The standard InChI is InChI=1S/C20H27N5/c1-3-10-25-18-9-5-4-8-17(18)23-19(25)13-21-12-16-7-6-11-24-14-15(2)22-20(16)24/h4-5,8-9,14,16,21H,3,6-7,10-13H2,1-2H3. The lowest BCUT2D eigenvalue weighted by Crippen LogP contribution is -2.27. The monoisotopic (exact) mass is 337 g/mol. The van der Waals surface area contributed by atoms with Gasteiger partial charge in [-0.05, 0) is 38.3 Å². The van der Waals surface area contributed by atoms with Gasteiger partial charge in [0.2, 0.25) is 0 Å². The maximum absolute atomic E-state index is 4.84. The van der Waals surface area contributed by atoms with Crippen LogP contribution in [0.25, 0.3) is 11.0 Å². The van der Waals surface area contributed by atoms with Gasteiger partial charge in [-0.25, -0.2) is 9.97 Å². The molecule has 5 nitrogen and oxygen atoms in total. The summed E-state index contributed by atoms with van der Waals surface area (Å²) in [5, 5.41) is 3.64. The summed E-state index contributed by atoms with van der Waals surface area (Å²) in [6, 6.07) is 8.43. The van der Waals surface area contributed by atoms with E-state index < -0.39 is 0 Å². The van der Waals surface area contributed by atoms with E-state index in [9.17, 15) is 0 Å². The van der Waals surface area contributed by atoms with Crippen LogP contribution in [0.4, 0.5) is 0 Å². The van der Waals surface area contributed by atoms with E-state index in [1.54, 1.807) is 0 Å². The number of benzene rings is 1. The van der Waals surface area contributed by atoms with Crippen molar-refractivity contribution in [1.82, 2.24) is 24.4 Å². The van der Waals surface area contributed by atoms with Gasteiger partial charge in [0, 0.05) is 31.7 Å². The molecule has 4 rings (SSSR count). The highest BCUT2D eigenvalue weighted by Crippen LogP contribution is 2.26. The molecular weight excluding hydrogens is 310 g/mol. The van der Waals surface area contributed by atoms with Crippen molar-refractivity contribution in [1.29, 1.82) is 0 Å². The lowest BCUT2D eigenvalue weighted by molar-refractivity contribution is 0.419. The summed E-state index contributed by atoms with van der Waals surface area (Å²) in [5.74, 6) is 2.89. The fourth-order valence-corrected chi connectivity index (χ4v) is 3.99. The first kappa shape index (κ1) is 16.3. The molecule has 0 radical (unpaired) electrons. The Balaban J connectivity index is 1.47. The number of fused-ring (bicyclic) bond motifs is 2. The Hall–Kier alpha value is -2.14. The van der Waals surface area contributed by atoms with E-state index in [1.165, 1.54) is 24.2 Å². The molecule has 3 heterocycles. The minimum absolute atomic E-state index is 0.506. The number of aromatic nitrogens is 4. The number of para-hydroxylation sites is 2. The molecule has 1 aromatic carbocycles. The van der Waals surface area contributed by atoms with Crippen molar-refractivity contribution in [2.24, 2.45) is 0 Å². The maximum Gasteiger partial charge on any atom is 0.123 e. The molecule has 0 aliphatic carbocycles. The van der Waals surface area contributed by atoms with Crippen molar-refractivity contribution in [3.63, 3.8) is 0 Å². The Morgan fingerprint density at radius 3 is 3.00 bits per heavy atom. The molecule has 0 amide bonds. The number of hydrogen-bond acceptors (Lipinski definition) is 3. The minimum atomic E-state index is 0.506. The van der Waals surface area contributed by atoms with Gasteiger partial charge in [0.15, 0.2) is 0 Å². The molecule has 1 N–H and O–H groups in total. The van der Waals surface area contributed by atoms with E-state index in [0.29, 0.717) is 5.92 Å². The molecule has 5 heteroatoms. The normalized spacial score (nSPS) is 17.1. The summed E-state index contributed by atoms with van der Waals surface area (Å²) < 4.78 is 4.69. The van der Waals surface area contributed by atoms with Crippen molar-refractivity contribution in [3.05, 3.63) is 47.8 Å². The van der Waals surface area contributed by atoms with Crippen LogP contribution >= 0.6 is 0 Å². The van der Waals surface area contributed by atoms with Crippen LogP contribution in [-0.4, -0.2) is 25.6 Å². The lowest BCUT2D eigenvalue weighted by Gasteiger charge is -2.23. The summed E-state index contributed by atoms with van der Waals surface area (Å²) in [6.07, 6.45) is 5.76. The van der Waals surface area contributed by atoms with E-state index in [0.717, 1.165) is 49.6 Å². The van der Waals surface area contributed by atoms with Crippen molar-refractivity contribution in [2.75, 3.05) is 6.54 Å². The van der Waals surface area contributed by atoms with E-state index in [-0.39, 0.29) is 0 Å². The second-order valence-electron chi connectivity index (χ2n) is 7.07. The van der Waals surface area contributed by atoms with Crippen LogP contribution in [0.15, 0.2) is 30.5 Å². The summed E-state index contributed by atoms with van der Waals surface area (Å²) in [4.78, 5) is 9.58. The number of aryl methyl sites for hydroxylation is 3. The van der Waals surface area contributed by atoms with Crippen LogP contribution in [0.2, 0.25) is 0 Å². The first-order valence-electron chi connectivity index (χ1n) is 9.44. The largest absolute Gasteiger partial charge is 0.334 e. The fourth-order valence-electron chi connectivity index (χ4n) is 3.99. The van der Waals surface area contributed by atoms with Crippen LogP contribution in [0.1, 0.15) is 49.4 Å². The van der Waals surface area contributed by atoms with E-state index in [1.807, 2.05) is 0 Å². The summed E-state index contributed by atoms with van der Waals surface area (Å²) in [6.45, 7) is 8.21. The first-order valence-corrected chi connectivity index (χ1v) is 9.44. The molecule has 3 aromatic rings. The molecule has 0 fully saturated rings. The van der Waals surface area contributed by atoms with Crippen LogP contribution in [0, 0.1) is 6.92 Å². The Bertz CT molecular complexity index is 860. The highest BCUT2D eigenvalue weighted by atomic mass is 15.1. The summed E-state index contributed by atoms with van der Waals surface area (Å²) in [5.41, 5.74) is 3.47. The number of rotatable bonds is 6. The molecule has 0 spiro atoms. The molecule has 1 aliphatic heterocycles. The van der Waals surface area contributed by atoms with Gasteiger partial charge < -0.3 is 14.5 Å². The van der Waals surface area contributed by atoms with Gasteiger partial charge in [-0.3, -0.25) is 0 Å². The van der Waals surface area contributed by atoms with Gasteiger partial charge in [-0.2, -0.15) is 0 Å². The van der Waals surface area contributed by atoms with Crippen LogP contribution in [0.5, 0.6) is 0 Å². The van der Waals surface area contributed by atoms with E-state index in [2.05, 4.69) is 58.8 Å². The second-order valence-corrected chi connectivity index (χ2v) is 7.07. The molecule has 2 aromatic heterocycles. The Kier molecular flexibility index (Phi) is 4.57. The highest BCUT2D eigenvalue weighted by molar-refractivity contribution is 5.75. The van der Waals surface area contributed by atoms with Gasteiger partial charge in [0.05, 0.1) is 23.3 Å². The Labute approximate surface area is 149 Å². The lowest BCUT2D eigenvalue weighted by atomic mass is 9.99. The number of nitrogens with one attached hydrogen (secondary N) is 1. The number of imidazole rings is 2. The third-order valence-corrected chi connectivity index (χ3v) is 5.10. The van der Waals surface area contributed by atoms with Gasteiger partial charge in [0.1, 0.15) is 11.6 Å². The highest BCUT2D eigenvalue weighted by Gasteiger charge is 2.22. The zero-order valence-electron chi connectivity index (χ0n) is 15.2. The third-order valence-electron chi connectivity index (χ3n) is 5.10. The van der Waals surface area contributed by atoms with Gasteiger partial charge in [-0.1, -0.05) is 19.1 Å². The Morgan fingerprint density at radius 2 is 2.12 bits per heavy atom. The zero-order chi connectivity index (χ0) is 17.2. The second kappa shape index (κ2) is 7.00. The van der Waals surface area contributed by atoms with Crippen molar-refractivity contribution in [2.45, 2.75) is 58.7 Å². The quantitative estimate of drug-likeness (QED) is 0.747. The van der Waals surface area contributed by atoms with Crippen LogP contribution in [-0.2, 0) is 19.6 Å². The maximum atomic E-state index is 4.84. The minimum Gasteiger partial charge on any atom is -0.334 e. The molecule has 132 valence electrons. The van der Waals surface area contributed by atoms with Crippen molar-refractivity contribution in [3.8, 4) is 0 Å². The van der Waals surface area contributed by atoms with Crippen LogP contribution < -0.4 is 5.32 Å². The molecule has 1 aliphatic rings. The molecule has 0 bridgehead atoms. The van der Waals surface area contributed by atoms with E-state index in [4.69, 9.17) is 9.97 Å². The average Bonchev–Trinajstić information content (AvgIpc) is 3.16. The number of nitrogens with zero attached hydrogens (tertiary/aromatic N) is 4. The molecule has 25 heavy (non-hydrogen) atoms. The molecule has 0 saturated carbocycles. The fraction of sp³-hybridized carbons (Fsp3) is 0.500. The van der Waals surface area contributed by atoms with E-state index >= 15 is 0 Å². The molecule has 0 saturated heterocycles. The molecule has 1 unspecified atom stereocenters. The Morgan fingerprint density at radius 1 is 1.24 bits per heavy atom. The smallest absolute Gasteiger partial charge is 0.123 e. The SMILES string of the molecule is CCCn1c(CNCC2CCCn3cc(C)nc32)nc2ccccc21. The summed E-state index contributed by atoms with van der Waals surface area (Å²) in [7, 11) is 0. The summed E-state index contributed by atoms with van der Waals surface area (Å²) >= 11 is 0. The van der Waals surface area contributed by atoms with Gasteiger partial charge in [0.25, 0.3) is 0 Å². The van der Waals surface area contributed by atoms with Crippen molar-refractivity contribution >= 4 is 11.0 Å².